The van der Waals surface area contributed by atoms with Crippen molar-refractivity contribution in [1.29, 1.82) is 0 Å². The summed E-state index contributed by atoms with van der Waals surface area (Å²) in [5.74, 6) is 0.597. The Morgan fingerprint density at radius 3 is 2.48 bits per heavy atom. The number of pyridine rings is 1. The van der Waals surface area contributed by atoms with E-state index in [9.17, 15) is 13.2 Å². The molecule has 1 aromatic heterocycles. The van der Waals surface area contributed by atoms with Crippen molar-refractivity contribution >= 4 is 15.9 Å². The molecule has 1 amide bonds. The molecule has 2 aliphatic heterocycles. The largest absolute Gasteiger partial charge is 0.492 e. The molecule has 0 aliphatic carbocycles. The topological polar surface area (TPSA) is 79.8 Å². The Morgan fingerprint density at radius 2 is 1.81 bits per heavy atom. The van der Waals surface area contributed by atoms with Gasteiger partial charge in [-0.1, -0.05) is 26.0 Å². The summed E-state index contributed by atoms with van der Waals surface area (Å²) >= 11 is 0. The van der Waals surface area contributed by atoms with Gasteiger partial charge in [0.25, 0.3) is 5.91 Å². The lowest BCUT2D eigenvalue weighted by molar-refractivity contribution is 0.0290. The van der Waals surface area contributed by atoms with Gasteiger partial charge >= 0.3 is 0 Å². The maximum Gasteiger partial charge on any atom is 0.253 e. The molecule has 1 aromatic carbocycles. The standard InChI is InChI=1S/C23H29N3O4S/c1-18(2)15-26-16-23(17-30-20-5-3-4-6-21(20)31(26,28)29)9-13-25(14-10-23)22(27)19-7-11-24-12-8-19/h3-8,11-12,18H,9-10,13-17H2,1-2H3. The fourth-order valence-corrected chi connectivity index (χ4v) is 6.24. The Bertz CT molecular complexity index is 1030. The summed E-state index contributed by atoms with van der Waals surface area (Å²) in [6.45, 7) is 6.49. The molecule has 8 heteroatoms. The molecule has 0 radical (unpaired) electrons. The minimum atomic E-state index is -3.67. The summed E-state index contributed by atoms with van der Waals surface area (Å²) < 4.78 is 34.6. The van der Waals surface area contributed by atoms with E-state index < -0.39 is 10.0 Å². The lowest BCUT2D eigenvalue weighted by Crippen LogP contribution is -2.53. The van der Waals surface area contributed by atoms with Gasteiger partial charge in [0, 0.05) is 49.6 Å². The summed E-state index contributed by atoms with van der Waals surface area (Å²) in [5, 5.41) is 0. The van der Waals surface area contributed by atoms with Crippen LogP contribution >= 0.6 is 0 Å². The van der Waals surface area contributed by atoms with E-state index in [-0.39, 0.29) is 22.1 Å². The van der Waals surface area contributed by atoms with Crippen molar-refractivity contribution in [3.63, 3.8) is 0 Å². The molecule has 1 fully saturated rings. The summed E-state index contributed by atoms with van der Waals surface area (Å²) in [6.07, 6.45) is 4.62. The van der Waals surface area contributed by atoms with E-state index in [1.54, 1.807) is 53.1 Å². The molecule has 166 valence electrons. The second-order valence-corrected chi connectivity index (χ2v) is 10.9. The van der Waals surface area contributed by atoms with E-state index in [0.717, 1.165) is 0 Å². The highest BCUT2D eigenvalue weighted by atomic mass is 32.2. The van der Waals surface area contributed by atoms with Crippen LogP contribution in [0.5, 0.6) is 5.75 Å². The zero-order chi connectivity index (χ0) is 22.1. The highest BCUT2D eigenvalue weighted by Crippen LogP contribution is 2.39. The third-order valence-corrected chi connectivity index (χ3v) is 7.97. The molecule has 0 bridgehead atoms. The highest BCUT2D eigenvalue weighted by molar-refractivity contribution is 7.89. The van der Waals surface area contributed by atoms with Crippen LogP contribution in [0.2, 0.25) is 0 Å². The van der Waals surface area contributed by atoms with Gasteiger partial charge in [0.15, 0.2) is 0 Å². The molecule has 3 heterocycles. The first-order chi connectivity index (χ1) is 14.8. The van der Waals surface area contributed by atoms with Gasteiger partial charge in [0.05, 0.1) is 6.61 Å². The smallest absolute Gasteiger partial charge is 0.253 e. The zero-order valence-corrected chi connectivity index (χ0v) is 18.8. The first-order valence-corrected chi connectivity index (χ1v) is 12.2. The number of aromatic nitrogens is 1. The molecule has 31 heavy (non-hydrogen) atoms. The molecular weight excluding hydrogens is 414 g/mol. The first kappa shape index (κ1) is 21.8. The van der Waals surface area contributed by atoms with Crippen LogP contribution in [-0.2, 0) is 10.0 Å². The molecule has 1 saturated heterocycles. The minimum Gasteiger partial charge on any atom is -0.492 e. The summed E-state index contributed by atoms with van der Waals surface area (Å²) in [7, 11) is -3.67. The molecule has 7 nitrogen and oxygen atoms in total. The summed E-state index contributed by atoms with van der Waals surface area (Å²) in [5.41, 5.74) is 0.294. The van der Waals surface area contributed by atoms with Crippen LogP contribution in [0.4, 0.5) is 0 Å². The monoisotopic (exact) mass is 443 g/mol. The van der Waals surface area contributed by atoms with Gasteiger partial charge < -0.3 is 9.64 Å². The number of piperidine rings is 1. The predicted molar refractivity (Wildman–Crippen MR) is 117 cm³/mol. The van der Waals surface area contributed by atoms with Crippen molar-refractivity contribution in [1.82, 2.24) is 14.2 Å². The number of hydrogen-bond acceptors (Lipinski definition) is 5. The number of rotatable bonds is 3. The number of fused-ring (bicyclic) bond motifs is 1. The summed E-state index contributed by atoms with van der Waals surface area (Å²) in [6, 6.07) is 10.3. The van der Waals surface area contributed by atoms with Gasteiger partial charge in [-0.25, -0.2) is 8.42 Å². The Kier molecular flexibility index (Phi) is 6.03. The predicted octanol–water partition coefficient (Wildman–Crippen LogP) is 3.04. The Labute approximate surface area is 184 Å². The third-order valence-electron chi connectivity index (χ3n) is 6.12. The minimum absolute atomic E-state index is 0.0129. The molecule has 0 saturated carbocycles. The number of carbonyl (C=O) groups excluding carboxylic acids is 1. The maximum atomic E-state index is 13.5. The van der Waals surface area contributed by atoms with E-state index in [4.69, 9.17) is 4.74 Å². The molecule has 1 spiro atoms. The van der Waals surface area contributed by atoms with Crippen molar-refractivity contribution < 1.29 is 17.9 Å². The summed E-state index contributed by atoms with van der Waals surface area (Å²) in [4.78, 5) is 18.9. The highest BCUT2D eigenvalue weighted by Gasteiger charge is 2.43. The van der Waals surface area contributed by atoms with Crippen LogP contribution in [-0.4, -0.2) is 61.3 Å². The van der Waals surface area contributed by atoms with Crippen molar-refractivity contribution in [2.45, 2.75) is 31.6 Å². The Balaban J connectivity index is 1.59. The zero-order valence-electron chi connectivity index (χ0n) is 18.0. The number of para-hydroxylation sites is 1. The van der Waals surface area contributed by atoms with Crippen LogP contribution in [0.3, 0.4) is 0 Å². The molecule has 4 rings (SSSR count). The van der Waals surface area contributed by atoms with Gasteiger partial charge in [-0.3, -0.25) is 9.78 Å². The number of hydrogen-bond donors (Lipinski definition) is 0. The van der Waals surface area contributed by atoms with E-state index in [0.29, 0.717) is 56.9 Å². The van der Waals surface area contributed by atoms with Crippen LogP contribution < -0.4 is 4.74 Å². The van der Waals surface area contributed by atoms with Crippen molar-refractivity contribution in [2.75, 3.05) is 32.8 Å². The van der Waals surface area contributed by atoms with Crippen molar-refractivity contribution in [3.05, 3.63) is 54.4 Å². The molecule has 0 unspecified atom stereocenters. The van der Waals surface area contributed by atoms with Crippen LogP contribution in [0.25, 0.3) is 0 Å². The number of likely N-dealkylation sites (tertiary alicyclic amines) is 1. The van der Waals surface area contributed by atoms with E-state index in [2.05, 4.69) is 4.98 Å². The van der Waals surface area contributed by atoms with Crippen LogP contribution in [0.1, 0.15) is 37.0 Å². The second kappa shape index (κ2) is 8.59. The van der Waals surface area contributed by atoms with Crippen LogP contribution in [0, 0.1) is 11.3 Å². The van der Waals surface area contributed by atoms with E-state index in [1.807, 2.05) is 18.7 Å². The van der Waals surface area contributed by atoms with Gasteiger partial charge in [-0.2, -0.15) is 4.31 Å². The maximum absolute atomic E-state index is 13.5. The van der Waals surface area contributed by atoms with Crippen molar-refractivity contribution in [3.8, 4) is 5.75 Å². The lowest BCUT2D eigenvalue weighted by atomic mass is 9.78. The van der Waals surface area contributed by atoms with Gasteiger partial charge in [0.1, 0.15) is 10.6 Å². The third kappa shape index (κ3) is 4.45. The van der Waals surface area contributed by atoms with E-state index >= 15 is 0 Å². The van der Waals surface area contributed by atoms with E-state index in [1.165, 1.54) is 0 Å². The van der Waals surface area contributed by atoms with Gasteiger partial charge in [-0.15, -0.1) is 0 Å². The number of nitrogens with zero attached hydrogens (tertiary/aromatic N) is 3. The Morgan fingerprint density at radius 1 is 1.13 bits per heavy atom. The average Bonchev–Trinajstić information content (AvgIpc) is 2.77. The normalized spacial score (nSPS) is 20.5. The molecular formula is C23H29N3O4S. The van der Waals surface area contributed by atoms with Gasteiger partial charge in [-0.05, 0) is 43.0 Å². The molecule has 2 aliphatic rings. The fraction of sp³-hybridized carbons (Fsp3) is 0.478. The van der Waals surface area contributed by atoms with Crippen LogP contribution in [0.15, 0.2) is 53.7 Å². The molecule has 0 atom stereocenters. The number of benzene rings is 1. The number of amides is 1. The number of sulfonamides is 1. The quantitative estimate of drug-likeness (QED) is 0.729. The molecule has 0 N–H and O–H groups in total. The Hall–Kier alpha value is -2.45. The first-order valence-electron chi connectivity index (χ1n) is 10.7. The van der Waals surface area contributed by atoms with Gasteiger partial charge in [0.2, 0.25) is 10.0 Å². The second-order valence-electron chi connectivity index (χ2n) is 8.95. The lowest BCUT2D eigenvalue weighted by Gasteiger charge is -2.45. The molecule has 2 aromatic rings. The number of ether oxygens (including phenoxy) is 1. The number of carbonyl (C=O) groups is 1. The SMILES string of the molecule is CC(C)CN1CC2(CCN(C(=O)c3ccncc3)CC2)COc2ccccc2S1(=O)=O. The van der Waals surface area contributed by atoms with Crippen molar-refractivity contribution in [2.24, 2.45) is 11.3 Å². The fourth-order valence-electron chi connectivity index (χ4n) is 4.39. The average molecular weight is 444 g/mol.